The number of amides is 2. The van der Waals surface area contributed by atoms with Crippen molar-refractivity contribution in [1.29, 1.82) is 0 Å². The fourth-order valence-electron chi connectivity index (χ4n) is 1.69. The van der Waals surface area contributed by atoms with Crippen LogP contribution >= 0.6 is 15.9 Å². The summed E-state index contributed by atoms with van der Waals surface area (Å²) in [4.78, 5) is 28.8. The molecule has 16 heavy (non-hydrogen) atoms. The van der Waals surface area contributed by atoms with Crippen molar-refractivity contribution in [3.63, 3.8) is 0 Å². The average molecular weight is 286 g/mol. The predicted octanol–water partition coefficient (Wildman–Crippen LogP) is 0.691. The summed E-state index contributed by atoms with van der Waals surface area (Å²) in [5.74, 6) is -0.0174. The van der Waals surface area contributed by atoms with Gasteiger partial charge in [0, 0.05) is 36.8 Å². The van der Waals surface area contributed by atoms with Gasteiger partial charge < -0.3 is 14.8 Å². The molecule has 5 nitrogen and oxygen atoms in total. The van der Waals surface area contributed by atoms with Gasteiger partial charge in [-0.05, 0) is 22.0 Å². The molecule has 0 aromatic carbocycles. The molecule has 1 N–H and O–H groups in total. The van der Waals surface area contributed by atoms with Gasteiger partial charge in [-0.1, -0.05) is 0 Å². The average Bonchev–Trinajstić information content (AvgIpc) is 2.75. The molecule has 1 saturated heterocycles. The number of halogens is 1. The van der Waals surface area contributed by atoms with Crippen LogP contribution < -0.4 is 0 Å². The topological polar surface area (TPSA) is 56.4 Å². The lowest BCUT2D eigenvalue weighted by molar-refractivity contribution is -0.119. The largest absolute Gasteiger partial charge is 0.356 e. The molecule has 86 valence electrons. The minimum Gasteiger partial charge on any atom is -0.356 e. The number of aromatic nitrogens is 1. The summed E-state index contributed by atoms with van der Waals surface area (Å²) in [6.45, 7) is 2.40. The lowest BCUT2D eigenvalue weighted by Crippen LogP contribution is -2.48. The van der Waals surface area contributed by atoms with E-state index in [9.17, 15) is 9.59 Å². The van der Waals surface area contributed by atoms with Gasteiger partial charge in [-0.2, -0.15) is 0 Å². The Morgan fingerprint density at radius 2 is 2.06 bits per heavy atom. The van der Waals surface area contributed by atoms with Crippen LogP contribution in [0.4, 0.5) is 0 Å². The zero-order chi connectivity index (χ0) is 11.5. The van der Waals surface area contributed by atoms with Crippen LogP contribution in [0.2, 0.25) is 0 Å². The number of H-pyrrole nitrogens is 1. The molecule has 2 amide bonds. The van der Waals surface area contributed by atoms with Crippen molar-refractivity contribution in [3.8, 4) is 0 Å². The Hall–Kier alpha value is -1.30. The first-order valence-corrected chi connectivity index (χ1v) is 5.82. The highest BCUT2D eigenvalue weighted by molar-refractivity contribution is 9.10. The van der Waals surface area contributed by atoms with E-state index in [2.05, 4.69) is 20.9 Å². The molecule has 0 aliphatic carbocycles. The van der Waals surface area contributed by atoms with E-state index < -0.39 is 0 Å². The SMILES string of the molecule is O=CN1CCN(C(=O)c2cc(Br)c[nH]2)CC1. The van der Waals surface area contributed by atoms with Gasteiger partial charge in [0.2, 0.25) is 6.41 Å². The number of hydrogen-bond donors (Lipinski definition) is 1. The number of piperazine rings is 1. The van der Waals surface area contributed by atoms with Crippen LogP contribution in [0.3, 0.4) is 0 Å². The van der Waals surface area contributed by atoms with Crippen molar-refractivity contribution in [2.24, 2.45) is 0 Å². The standard InChI is InChI=1S/C10H12BrN3O2/c11-8-5-9(12-6-8)10(16)14-3-1-13(7-15)2-4-14/h5-7,12H,1-4H2. The maximum Gasteiger partial charge on any atom is 0.270 e. The Morgan fingerprint density at radius 1 is 1.38 bits per heavy atom. The van der Waals surface area contributed by atoms with Gasteiger partial charge in [-0.15, -0.1) is 0 Å². The molecule has 1 aliphatic rings. The third kappa shape index (κ3) is 2.27. The summed E-state index contributed by atoms with van der Waals surface area (Å²) in [5.41, 5.74) is 0.575. The van der Waals surface area contributed by atoms with E-state index >= 15 is 0 Å². The fraction of sp³-hybridized carbons (Fsp3) is 0.400. The summed E-state index contributed by atoms with van der Waals surface area (Å²) < 4.78 is 0.863. The summed E-state index contributed by atoms with van der Waals surface area (Å²) >= 11 is 3.29. The first-order chi connectivity index (χ1) is 7.70. The molecular weight excluding hydrogens is 274 g/mol. The fourth-order valence-corrected chi connectivity index (χ4v) is 2.04. The molecule has 1 aromatic heterocycles. The maximum absolute atomic E-state index is 12.0. The zero-order valence-corrected chi connectivity index (χ0v) is 10.2. The Bertz CT molecular complexity index is 397. The van der Waals surface area contributed by atoms with Crippen molar-refractivity contribution in [2.75, 3.05) is 26.2 Å². The Morgan fingerprint density at radius 3 is 2.56 bits per heavy atom. The van der Waals surface area contributed by atoms with Crippen LogP contribution in [-0.2, 0) is 4.79 Å². The number of carbonyl (C=O) groups excluding carboxylic acids is 2. The van der Waals surface area contributed by atoms with Gasteiger partial charge in [-0.25, -0.2) is 0 Å². The molecule has 1 aromatic rings. The summed E-state index contributed by atoms with van der Waals surface area (Å²) in [5, 5.41) is 0. The number of aromatic amines is 1. The molecule has 1 aliphatic heterocycles. The van der Waals surface area contributed by atoms with Gasteiger partial charge in [0.25, 0.3) is 5.91 Å². The molecule has 0 unspecified atom stereocenters. The van der Waals surface area contributed by atoms with Crippen molar-refractivity contribution in [1.82, 2.24) is 14.8 Å². The van der Waals surface area contributed by atoms with Crippen LogP contribution in [0.1, 0.15) is 10.5 Å². The van der Waals surface area contributed by atoms with Gasteiger partial charge in [-0.3, -0.25) is 9.59 Å². The maximum atomic E-state index is 12.0. The van der Waals surface area contributed by atoms with Crippen LogP contribution in [0.15, 0.2) is 16.7 Å². The molecule has 0 atom stereocenters. The Labute approximate surface area is 102 Å². The number of nitrogens with zero attached hydrogens (tertiary/aromatic N) is 2. The third-order valence-electron chi connectivity index (χ3n) is 2.63. The highest BCUT2D eigenvalue weighted by Crippen LogP contribution is 2.13. The smallest absolute Gasteiger partial charge is 0.270 e. The quantitative estimate of drug-likeness (QED) is 0.813. The van der Waals surface area contributed by atoms with Crippen molar-refractivity contribution >= 4 is 28.2 Å². The van der Waals surface area contributed by atoms with E-state index in [4.69, 9.17) is 0 Å². The molecule has 0 radical (unpaired) electrons. The van der Waals surface area contributed by atoms with Crippen molar-refractivity contribution < 1.29 is 9.59 Å². The molecular formula is C10H12BrN3O2. The van der Waals surface area contributed by atoms with E-state index in [0.29, 0.717) is 31.9 Å². The predicted molar refractivity (Wildman–Crippen MR) is 62.0 cm³/mol. The monoisotopic (exact) mass is 285 g/mol. The Kier molecular flexibility index (Phi) is 3.28. The zero-order valence-electron chi connectivity index (χ0n) is 8.65. The highest BCUT2D eigenvalue weighted by atomic mass is 79.9. The lowest BCUT2D eigenvalue weighted by Gasteiger charge is -2.32. The third-order valence-corrected chi connectivity index (χ3v) is 3.09. The minimum atomic E-state index is -0.0174. The lowest BCUT2D eigenvalue weighted by atomic mass is 10.3. The summed E-state index contributed by atoms with van der Waals surface area (Å²) in [6, 6.07) is 1.76. The minimum absolute atomic E-state index is 0.0174. The number of carbonyl (C=O) groups is 2. The van der Waals surface area contributed by atoms with Gasteiger partial charge in [0.1, 0.15) is 5.69 Å². The van der Waals surface area contributed by atoms with Gasteiger partial charge in [0.05, 0.1) is 0 Å². The second-order valence-corrected chi connectivity index (χ2v) is 4.58. The highest BCUT2D eigenvalue weighted by Gasteiger charge is 2.21. The number of rotatable bonds is 2. The van der Waals surface area contributed by atoms with Crippen LogP contribution in [-0.4, -0.2) is 53.3 Å². The van der Waals surface area contributed by atoms with Crippen LogP contribution in [0.25, 0.3) is 0 Å². The van der Waals surface area contributed by atoms with Crippen molar-refractivity contribution in [2.45, 2.75) is 0 Å². The van der Waals surface area contributed by atoms with Crippen molar-refractivity contribution in [3.05, 3.63) is 22.4 Å². The molecule has 1 fully saturated rings. The second kappa shape index (κ2) is 4.69. The normalized spacial score (nSPS) is 16.3. The van der Waals surface area contributed by atoms with E-state index in [1.54, 1.807) is 22.1 Å². The van der Waals surface area contributed by atoms with Gasteiger partial charge in [0.15, 0.2) is 0 Å². The number of nitrogens with one attached hydrogen (secondary N) is 1. The van der Waals surface area contributed by atoms with E-state index in [1.165, 1.54) is 0 Å². The first kappa shape index (κ1) is 11.2. The molecule has 6 heteroatoms. The molecule has 0 saturated carbocycles. The van der Waals surface area contributed by atoms with E-state index in [0.717, 1.165) is 10.9 Å². The summed E-state index contributed by atoms with van der Waals surface area (Å²) in [6.07, 6.45) is 2.56. The molecule has 0 spiro atoms. The second-order valence-electron chi connectivity index (χ2n) is 3.67. The first-order valence-electron chi connectivity index (χ1n) is 5.03. The van der Waals surface area contributed by atoms with Gasteiger partial charge >= 0.3 is 0 Å². The molecule has 2 rings (SSSR count). The van der Waals surface area contributed by atoms with Crippen LogP contribution in [0, 0.1) is 0 Å². The van der Waals surface area contributed by atoms with Crippen LogP contribution in [0.5, 0.6) is 0 Å². The Balaban J connectivity index is 1.99. The number of hydrogen-bond acceptors (Lipinski definition) is 2. The van der Waals surface area contributed by atoms with E-state index in [1.807, 2.05) is 0 Å². The summed E-state index contributed by atoms with van der Waals surface area (Å²) in [7, 11) is 0. The molecule has 0 bridgehead atoms. The molecule has 2 heterocycles. The van der Waals surface area contributed by atoms with E-state index in [-0.39, 0.29) is 5.91 Å².